The monoisotopic (exact) mass is 388 g/mol. The first-order chi connectivity index (χ1) is 13.0. The van der Waals surface area contributed by atoms with Crippen LogP contribution in [0.5, 0.6) is 0 Å². The molecule has 1 aromatic carbocycles. The molecule has 1 heterocycles. The van der Waals surface area contributed by atoms with Crippen molar-refractivity contribution in [3.05, 3.63) is 29.3 Å². The number of esters is 1. The van der Waals surface area contributed by atoms with E-state index < -0.39 is 6.10 Å². The molecule has 6 heteroatoms. The number of hydrogen-bond acceptors (Lipinski definition) is 5. The fraction of sp³-hybridized carbons (Fsp3) is 0.571. The lowest BCUT2D eigenvalue weighted by atomic mass is 9.86. The predicted octanol–water partition coefficient (Wildman–Crippen LogP) is 4.25. The molecule has 1 aromatic heterocycles. The molecule has 0 saturated heterocycles. The van der Waals surface area contributed by atoms with Crippen molar-refractivity contribution in [1.82, 2.24) is 10.3 Å². The van der Waals surface area contributed by atoms with Crippen molar-refractivity contribution in [2.45, 2.75) is 70.9 Å². The summed E-state index contributed by atoms with van der Waals surface area (Å²) in [7, 11) is 0. The number of rotatable bonds is 7. The molecule has 1 aliphatic rings. The zero-order chi connectivity index (χ0) is 19.2. The van der Waals surface area contributed by atoms with Gasteiger partial charge in [-0.3, -0.25) is 9.59 Å². The number of aryl methyl sites for hydroxylation is 1. The minimum Gasteiger partial charge on any atom is -0.453 e. The number of carbonyl (C=O) groups excluding carboxylic acids is 2. The van der Waals surface area contributed by atoms with E-state index in [-0.39, 0.29) is 17.9 Å². The zero-order valence-corrected chi connectivity index (χ0v) is 16.9. The zero-order valence-electron chi connectivity index (χ0n) is 16.1. The average Bonchev–Trinajstić information content (AvgIpc) is 3.06. The second kappa shape index (κ2) is 9.31. The topological polar surface area (TPSA) is 68.3 Å². The lowest BCUT2D eigenvalue weighted by Crippen LogP contribution is -2.45. The van der Waals surface area contributed by atoms with Crippen LogP contribution in [0.2, 0.25) is 0 Å². The molecule has 2 aromatic rings. The molecule has 1 amide bonds. The molecule has 1 fully saturated rings. The molecule has 1 saturated carbocycles. The molecule has 5 nitrogen and oxygen atoms in total. The van der Waals surface area contributed by atoms with Gasteiger partial charge in [0.05, 0.1) is 15.2 Å². The van der Waals surface area contributed by atoms with Crippen molar-refractivity contribution in [2.24, 2.45) is 5.92 Å². The van der Waals surface area contributed by atoms with E-state index in [2.05, 4.69) is 23.3 Å². The summed E-state index contributed by atoms with van der Waals surface area (Å²) in [5.41, 5.74) is 1.00. The first-order valence-corrected chi connectivity index (χ1v) is 10.7. The van der Waals surface area contributed by atoms with Gasteiger partial charge in [0.1, 0.15) is 0 Å². The van der Waals surface area contributed by atoms with E-state index in [1.165, 1.54) is 6.42 Å². The maximum absolute atomic E-state index is 12.3. The van der Waals surface area contributed by atoms with Gasteiger partial charge in [0.2, 0.25) is 0 Å². The summed E-state index contributed by atoms with van der Waals surface area (Å²) < 4.78 is 6.48. The highest BCUT2D eigenvalue weighted by Gasteiger charge is 2.26. The smallest absolute Gasteiger partial charge is 0.306 e. The Morgan fingerprint density at radius 3 is 2.85 bits per heavy atom. The van der Waals surface area contributed by atoms with E-state index in [4.69, 9.17) is 4.74 Å². The number of hydrogen-bond donors (Lipinski definition) is 1. The van der Waals surface area contributed by atoms with Gasteiger partial charge >= 0.3 is 5.97 Å². The molecule has 146 valence electrons. The number of thiazole rings is 1. The van der Waals surface area contributed by atoms with Crippen LogP contribution in [0.15, 0.2) is 24.3 Å². The normalized spacial score (nSPS) is 21.0. The van der Waals surface area contributed by atoms with Crippen molar-refractivity contribution < 1.29 is 14.3 Å². The van der Waals surface area contributed by atoms with Gasteiger partial charge in [-0.15, -0.1) is 11.3 Å². The molecule has 0 spiro atoms. The van der Waals surface area contributed by atoms with Crippen molar-refractivity contribution in [3.63, 3.8) is 0 Å². The largest absolute Gasteiger partial charge is 0.453 e. The van der Waals surface area contributed by atoms with Gasteiger partial charge in [-0.2, -0.15) is 0 Å². The standard InChI is InChI=1S/C21H28N2O3S/c1-14-8-3-4-9-16(14)23-21(25)15(2)26-20(24)13-7-12-19-22-17-10-5-6-11-18(17)27-19/h5-6,10-11,14-16H,3-4,7-9,12-13H2,1-2H3,(H,23,25)/t14-,15-,16+/m1/s1. The molecule has 0 aliphatic heterocycles. The Morgan fingerprint density at radius 1 is 1.30 bits per heavy atom. The molecule has 27 heavy (non-hydrogen) atoms. The molecular weight excluding hydrogens is 360 g/mol. The first-order valence-electron chi connectivity index (χ1n) is 9.87. The van der Waals surface area contributed by atoms with E-state index in [1.807, 2.05) is 18.2 Å². The number of para-hydroxylation sites is 1. The van der Waals surface area contributed by atoms with Crippen molar-refractivity contribution in [2.75, 3.05) is 0 Å². The van der Waals surface area contributed by atoms with Crippen LogP contribution in [0, 0.1) is 5.92 Å². The molecule has 0 unspecified atom stereocenters. The van der Waals surface area contributed by atoms with Gasteiger partial charge in [0, 0.05) is 12.5 Å². The fourth-order valence-corrected chi connectivity index (χ4v) is 4.56. The Kier molecular flexibility index (Phi) is 6.83. The Labute approximate surface area is 164 Å². The molecule has 1 aliphatic carbocycles. The van der Waals surface area contributed by atoms with Crippen LogP contribution in [0.3, 0.4) is 0 Å². The Balaban J connectivity index is 1.39. The van der Waals surface area contributed by atoms with Gasteiger partial charge in [-0.25, -0.2) is 4.98 Å². The number of amides is 1. The van der Waals surface area contributed by atoms with Gasteiger partial charge < -0.3 is 10.1 Å². The van der Waals surface area contributed by atoms with Crippen molar-refractivity contribution >= 4 is 33.4 Å². The minimum absolute atomic E-state index is 0.187. The lowest BCUT2D eigenvalue weighted by Gasteiger charge is -2.30. The average molecular weight is 389 g/mol. The summed E-state index contributed by atoms with van der Waals surface area (Å²) in [6.07, 6.45) is 5.51. The third-order valence-electron chi connectivity index (χ3n) is 5.23. The Bertz CT molecular complexity index is 756. The molecular formula is C21H28N2O3S. The minimum atomic E-state index is -0.742. The highest BCUT2D eigenvalue weighted by atomic mass is 32.1. The van der Waals surface area contributed by atoms with E-state index in [1.54, 1.807) is 18.3 Å². The highest BCUT2D eigenvalue weighted by Crippen LogP contribution is 2.24. The van der Waals surface area contributed by atoms with Crippen LogP contribution in [0.1, 0.15) is 57.4 Å². The van der Waals surface area contributed by atoms with Crippen LogP contribution < -0.4 is 5.32 Å². The Morgan fingerprint density at radius 2 is 2.07 bits per heavy atom. The quantitative estimate of drug-likeness (QED) is 0.720. The predicted molar refractivity (Wildman–Crippen MR) is 108 cm³/mol. The SMILES string of the molecule is C[C@@H]1CCCC[C@@H]1NC(=O)[C@@H](C)OC(=O)CCCc1nc2ccccc2s1. The summed E-state index contributed by atoms with van der Waals surface area (Å²) in [6.45, 7) is 3.82. The van der Waals surface area contributed by atoms with E-state index in [0.29, 0.717) is 18.8 Å². The summed E-state index contributed by atoms with van der Waals surface area (Å²) in [6, 6.07) is 8.23. The van der Waals surface area contributed by atoms with Gasteiger partial charge in [-0.1, -0.05) is 31.9 Å². The summed E-state index contributed by atoms with van der Waals surface area (Å²) in [4.78, 5) is 28.9. The second-order valence-corrected chi connectivity index (χ2v) is 8.55. The fourth-order valence-electron chi connectivity index (χ4n) is 3.55. The number of benzene rings is 1. The third kappa shape index (κ3) is 5.51. The van der Waals surface area contributed by atoms with Gasteiger partial charge in [0.25, 0.3) is 5.91 Å². The van der Waals surface area contributed by atoms with Crippen LogP contribution >= 0.6 is 11.3 Å². The second-order valence-electron chi connectivity index (χ2n) is 7.44. The van der Waals surface area contributed by atoms with E-state index >= 15 is 0 Å². The van der Waals surface area contributed by atoms with Crippen molar-refractivity contribution in [3.8, 4) is 0 Å². The molecule has 1 N–H and O–H groups in total. The van der Waals surface area contributed by atoms with Crippen LogP contribution in [0.4, 0.5) is 0 Å². The maximum atomic E-state index is 12.3. The molecule has 0 radical (unpaired) electrons. The van der Waals surface area contributed by atoms with Gasteiger partial charge in [0.15, 0.2) is 6.10 Å². The number of ether oxygens (including phenoxy) is 1. The van der Waals surface area contributed by atoms with Crippen LogP contribution in [-0.2, 0) is 20.7 Å². The summed E-state index contributed by atoms with van der Waals surface area (Å²) in [5.74, 6) is -0.0249. The van der Waals surface area contributed by atoms with Crippen molar-refractivity contribution in [1.29, 1.82) is 0 Å². The lowest BCUT2D eigenvalue weighted by molar-refractivity contribution is -0.155. The van der Waals surface area contributed by atoms with Crippen LogP contribution in [-0.4, -0.2) is 29.0 Å². The number of nitrogens with one attached hydrogen (secondary N) is 1. The molecule has 0 bridgehead atoms. The molecule has 3 atom stereocenters. The number of nitrogens with zero attached hydrogens (tertiary/aromatic N) is 1. The van der Waals surface area contributed by atoms with Gasteiger partial charge in [-0.05, 0) is 50.7 Å². The first kappa shape index (κ1) is 19.8. The number of carbonyl (C=O) groups is 2. The van der Waals surface area contributed by atoms with Crippen LogP contribution in [0.25, 0.3) is 10.2 Å². The third-order valence-corrected chi connectivity index (χ3v) is 6.32. The number of fused-ring (bicyclic) bond motifs is 1. The number of aromatic nitrogens is 1. The summed E-state index contributed by atoms with van der Waals surface area (Å²) >= 11 is 1.66. The maximum Gasteiger partial charge on any atom is 0.306 e. The highest BCUT2D eigenvalue weighted by molar-refractivity contribution is 7.18. The molecule has 3 rings (SSSR count). The Hall–Kier alpha value is -1.95. The van der Waals surface area contributed by atoms with E-state index in [0.717, 1.165) is 40.9 Å². The van der Waals surface area contributed by atoms with E-state index in [9.17, 15) is 9.59 Å². The summed E-state index contributed by atoms with van der Waals surface area (Å²) in [5, 5.41) is 4.07.